The molecule has 0 aliphatic heterocycles. The van der Waals surface area contributed by atoms with Crippen molar-refractivity contribution in [1.29, 1.82) is 0 Å². The highest BCUT2D eigenvalue weighted by molar-refractivity contribution is 9.10. The SMILES string of the molecule is CCCc1nc2ccc(Br)cc2c(=O)n1N=Cc1cc(OC)c(OC)cc1Br. The van der Waals surface area contributed by atoms with Crippen LogP contribution < -0.4 is 15.0 Å². The molecule has 2 aromatic carbocycles. The van der Waals surface area contributed by atoms with Crippen LogP contribution in [0.4, 0.5) is 0 Å². The maximum Gasteiger partial charge on any atom is 0.282 e. The fourth-order valence-corrected chi connectivity index (χ4v) is 3.57. The van der Waals surface area contributed by atoms with Gasteiger partial charge in [0.25, 0.3) is 5.56 Å². The van der Waals surface area contributed by atoms with Gasteiger partial charge in [-0.05, 0) is 52.7 Å². The Bertz CT molecular complexity index is 1110. The van der Waals surface area contributed by atoms with Crippen LogP contribution in [0.2, 0.25) is 0 Å². The van der Waals surface area contributed by atoms with E-state index in [0.29, 0.717) is 34.6 Å². The van der Waals surface area contributed by atoms with Crippen LogP contribution in [0.15, 0.2) is 49.2 Å². The minimum Gasteiger partial charge on any atom is -0.493 e. The molecule has 146 valence electrons. The molecule has 28 heavy (non-hydrogen) atoms. The smallest absolute Gasteiger partial charge is 0.282 e. The predicted molar refractivity (Wildman–Crippen MR) is 118 cm³/mol. The molecule has 0 radical (unpaired) electrons. The number of methoxy groups -OCH3 is 2. The zero-order valence-corrected chi connectivity index (χ0v) is 18.9. The van der Waals surface area contributed by atoms with Crippen molar-refractivity contribution in [3.8, 4) is 11.5 Å². The number of aromatic nitrogens is 2. The number of fused-ring (bicyclic) bond motifs is 1. The molecular formula is C20H19Br2N3O3. The minimum atomic E-state index is -0.206. The maximum absolute atomic E-state index is 13.0. The molecule has 0 atom stereocenters. The van der Waals surface area contributed by atoms with Crippen molar-refractivity contribution in [2.24, 2.45) is 5.10 Å². The number of benzene rings is 2. The van der Waals surface area contributed by atoms with Gasteiger partial charge in [0.1, 0.15) is 5.82 Å². The van der Waals surface area contributed by atoms with E-state index in [4.69, 9.17) is 9.47 Å². The first-order chi connectivity index (χ1) is 13.5. The number of ether oxygens (including phenoxy) is 2. The Morgan fingerprint density at radius 1 is 1.14 bits per heavy atom. The van der Waals surface area contributed by atoms with Crippen LogP contribution in [0.3, 0.4) is 0 Å². The summed E-state index contributed by atoms with van der Waals surface area (Å²) in [5.74, 6) is 1.80. The van der Waals surface area contributed by atoms with E-state index < -0.39 is 0 Å². The summed E-state index contributed by atoms with van der Waals surface area (Å²) in [4.78, 5) is 17.7. The fraction of sp³-hybridized carbons (Fsp3) is 0.250. The molecule has 0 aliphatic carbocycles. The molecule has 1 aromatic heterocycles. The van der Waals surface area contributed by atoms with E-state index in [1.807, 2.05) is 19.1 Å². The minimum absolute atomic E-state index is 0.206. The van der Waals surface area contributed by atoms with E-state index in [2.05, 4.69) is 41.9 Å². The van der Waals surface area contributed by atoms with Crippen molar-refractivity contribution in [2.45, 2.75) is 19.8 Å². The van der Waals surface area contributed by atoms with Gasteiger partial charge in [-0.3, -0.25) is 4.79 Å². The first-order valence-corrected chi connectivity index (χ1v) is 10.2. The molecule has 6 nitrogen and oxygen atoms in total. The molecule has 0 unspecified atom stereocenters. The van der Waals surface area contributed by atoms with Crippen molar-refractivity contribution in [1.82, 2.24) is 9.66 Å². The van der Waals surface area contributed by atoms with E-state index in [-0.39, 0.29) is 5.56 Å². The van der Waals surface area contributed by atoms with Gasteiger partial charge in [-0.2, -0.15) is 9.78 Å². The standard InChI is InChI=1S/C20H19Br2N3O3/c1-4-5-19-24-16-7-6-13(21)9-14(16)20(26)25(19)23-11-12-8-17(27-2)18(28-3)10-15(12)22/h6-11H,4-5H2,1-3H3. The van der Waals surface area contributed by atoms with Crippen LogP contribution in [0.5, 0.6) is 11.5 Å². The van der Waals surface area contributed by atoms with Crippen LogP contribution in [-0.4, -0.2) is 30.1 Å². The molecule has 0 bridgehead atoms. The Balaban J connectivity index is 2.14. The molecule has 0 spiro atoms. The number of hydrogen-bond donors (Lipinski definition) is 0. The van der Waals surface area contributed by atoms with Crippen LogP contribution in [0.25, 0.3) is 10.9 Å². The van der Waals surface area contributed by atoms with Crippen LogP contribution in [0, 0.1) is 0 Å². The molecule has 8 heteroatoms. The van der Waals surface area contributed by atoms with Crippen molar-refractivity contribution in [3.05, 3.63) is 61.0 Å². The van der Waals surface area contributed by atoms with Crippen LogP contribution in [-0.2, 0) is 6.42 Å². The second kappa shape index (κ2) is 8.87. The summed E-state index contributed by atoms with van der Waals surface area (Å²) in [6.07, 6.45) is 3.10. The third-order valence-corrected chi connectivity index (χ3v) is 5.34. The predicted octanol–water partition coefficient (Wildman–Crippen LogP) is 4.77. The van der Waals surface area contributed by atoms with Gasteiger partial charge < -0.3 is 9.47 Å². The normalized spacial score (nSPS) is 11.3. The van der Waals surface area contributed by atoms with Crippen LogP contribution in [0.1, 0.15) is 24.7 Å². The first-order valence-electron chi connectivity index (χ1n) is 8.65. The molecule has 0 aliphatic rings. The van der Waals surface area contributed by atoms with Crippen molar-refractivity contribution < 1.29 is 9.47 Å². The molecule has 0 saturated heterocycles. The van der Waals surface area contributed by atoms with E-state index in [1.165, 1.54) is 4.68 Å². The van der Waals surface area contributed by atoms with E-state index in [0.717, 1.165) is 20.9 Å². The average Bonchev–Trinajstić information content (AvgIpc) is 2.69. The van der Waals surface area contributed by atoms with E-state index in [9.17, 15) is 4.79 Å². The lowest BCUT2D eigenvalue weighted by atomic mass is 10.2. The first kappa shape index (κ1) is 20.5. The summed E-state index contributed by atoms with van der Waals surface area (Å²) in [6, 6.07) is 9.06. The lowest BCUT2D eigenvalue weighted by molar-refractivity contribution is 0.354. The Hall–Kier alpha value is -2.19. The van der Waals surface area contributed by atoms with Gasteiger partial charge in [0.15, 0.2) is 11.5 Å². The van der Waals surface area contributed by atoms with E-state index >= 15 is 0 Å². The molecule has 3 rings (SSSR count). The third kappa shape index (κ3) is 4.12. The summed E-state index contributed by atoms with van der Waals surface area (Å²) in [5.41, 5.74) is 1.21. The second-order valence-corrected chi connectivity index (χ2v) is 7.80. The van der Waals surface area contributed by atoms with E-state index in [1.54, 1.807) is 38.6 Å². The monoisotopic (exact) mass is 507 g/mol. The highest BCUT2D eigenvalue weighted by Crippen LogP contribution is 2.32. The molecule has 1 heterocycles. The lowest BCUT2D eigenvalue weighted by Gasteiger charge is -2.11. The van der Waals surface area contributed by atoms with Gasteiger partial charge in [0.2, 0.25) is 0 Å². The highest BCUT2D eigenvalue weighted by atomic mass is 79.9. The fourth-order valence-electron chi connectivity index (χ4n) is 2.79. The van der Waals surface area contributed by atoms with Gasteiger partial charge in [0, 0.05) is 20.9 Å². The Kier molecular flexibility index (Phi) is 6.51. The molecule has 0 fully saturated rings. The number of rotatable bonds is 6. The average molecular weight is 509 g/mol. The van der Waals surface area contributed by atoms with Gasteiger partial charge >= 0.3 is 0 Å². The maximum atomic E-state index is 13.0. The zero-order valence-electron chi connectivity index (χ0n) is 15.7. The largest absolute Gasteiger partial charge is 0.493 e. The summed E-state index contributed by atoms with van der Waals surface area (Å²) in [7, 11) is 3.15. The highest BCUT2D eigenvalue weighted by Gasteiger charge is 2.12. The Morgan fingerprint density at radius 3 is 2.54 bits per heavy atom. The Morgan fingerprint density at radius 2 is 1.86 bits per heavy atom. The number of halogens is 2. The Labute approximate surface area is 179 Å². The third-order valence-electron chi connectivity index (χ3n) is 4.16. The quantitative estimate of drug-likeness (QED) is 0.450. The van der Waals surface area contributed by atoms with Gasteiger partial charge in [-0.25, -0.2) is 4.98 Å². The molecule has 0 amide bonds. The summed E-state index contributed by atoms with van der Waals surface area (Å²) in [6.45, 7) is 2.04. The summed E-state index contributed by atoms with van der Waals surface area (Å²) < 4.78 is 13.6. The molecular weight excluding hydrogens is 490 g/mol. The lowest BCUT2D eigenvalue weighted by Crippen LogP contribution is -2.22. The number of nitrogens with zero attached hydrogens (tertiary/aromatic N) is 3. The number of aryl methyl sites for hydroxylation is 1. The van der Waals surface area contributed by atoms with Crippen molar-refractivity contribution >= 4 is 49.0 Å². The van der Waals surface area contributed by atoms with Crippen LogP contribution >= 0.6 is 31.9 Å². The molecule has 3 aromatic rings. The van der Waals surface area contributed by atoms with Gasteiger partial charge in [-0.1, -0.05) is 22.9 Å². The molecule has 0 saturated carbocycles. The number of hydrogen-bond acceptors (Lipinski definition) is 5. The zero-order chi connectivity index (χ0) is 20.3. The summed E-state index contributed by atoms with van der Waals surface area (Å²) in [5, 5.41) is 4.95. The topological polar surface area (TPSA) is 65.7 Å². The van der Waals surface area contributed by atoms with Gasteiger partial charge in [-0.15, -0.1) is 0 Å². The van der Waals surface area contributed by atoms with Crippen molar-refractivity contribution in [3.63, 3.8) is 0 Å². The van der Waals surface area contributed by atoms with Gasteiger partial charge in [0.05, 0.1) is 31.3 Å². The second-order valence-electron chi connectivity index (χ2n) is 6.03. The summed E-state index contributed by atoms with van der Waals surface area (Å²) >= 11 is 6.91. The molecule has 0 N–H and O–H groups in total. The van der Waals surface area contributed by atoms with Crippen molar-refractivity contribution in [2.75, 3.05) is 14.2 Å².